The van der Waals surface area contributed by atoms with Crippen molar-refractivity contribution >= 4 is 15.9 Å². The molecule has 0 aromatic carbocycles. The third-order valence-corrected chi connectivity index (χ3v) is 5.43. The molecular formula is C17H26BrN3. The van der Waals surface area contributed by atoms with Gasteiger partial charge in [-0.25, -0.2) is 0 Å². The minimum Gasteiger partial charge on any atom is -0.311 e. The van der Waals surface area contributed by atoms with Crippen molar-refractivity contribution < 1.29 is 0 Å². The SMILES string of the molecule is CC1CN(Cc2cncc(Br)c2)C(C2CCCCC2)CN1. The topological polar surface area (TPSA) is 28.2 Å². The van der Waals surface area contributed by atoms with Gasteiger partial charge >= 0.3 is 0 Å². The first-order valence-electron chi connectivity index (χ1n) is 8.29. The number of aromatic nitrogens is 1. The van der Waals surface area contributed by atoms with E-state index < -0.39 is 0 Å². The number of nitrogens with zero attached hydrogens (tertiary/aromatic N) is 2. The van der Waals surface area contributed by atoms with Crippen LogP contribution in [0.5, 0.6) is 0 Å². The Kier molecular flexibility index (Phi) is 5.30. The molecule has 3 rings (SSSR count). The average molecular weight is 352 g/mol. The summed E-state index contributed by atoms with van der Waals surface area (Å²) in [6, 6.07) is 3.49. The number of hydrogen-bond acceptors (Lipinski definition) is 3. The number of nitrogens with one attached hydrogen (secondary N) is 1. The van der Waals surface area contributed by atoms with Gasteiger partial charge in [0, 0.05) is 48.6 Å². The van der Waals surface area contributed by atoms with Gasteiger partial charge in [0.25, 0.3) is 0 Å². The van der Waals surface area contributed by atoms with E-state index in [1.54, 1.807) is 0 Å². The Morgan fingerprint density at radius 2 is 2.10 bits per heavy atom. The maximum Gasteiger partial charge on any atom is 0.0410 e. The Balaban J connectivity index is 1.71. The molecule has 0 bridgehead atoms. The smallest absolute Gasteiger partial charge is 0.0410 e. The van der Waals surface area contributed by atoms with E-state index in [1.807, 2.05) is 12.4 Å². The van der Waals surface area contributed by atoms with Gasteiger partial charge in [-0.1, -0.05) is 19.3 Å². The highest BCUT2D eigenvalue weighted by Gasteiger charge is 2.32. The minimum absolute atomic E-state index is 0.588. The lowest BCUT2D eigenvalue weighted by Gasteiger charge is -2.44. The zero-order valence-electron chi connectivity index (χ0n) is 12.9. The molecule has 116 valence electrons. The van der Waals surface area contributed by atoms with Crippen LogP contribution in [0.2, 0.25) is 0 Å². The lowest BCUT2D eigenvalue weighted by Crippen LogP contribution is -2.57. The first kappa shape index (κ1) is 15.4. The van der Waals surface area contributed by atoms with Crippen LogP contribution in [0.3, 0.4) is 0 Å². The number of hydrogen-bond donors (Lipinski definition) is 1. The van der Waals surface area contributed by atoms with Crippen LogP contribution in [0.1, 0.15) is 44.6 Å². The van der Waals surface area contributed by atoms with Gasteiger partial charge in [-0.2, -0.15) is 0 Å². The summed E-state index contributed by atoms with van der Waals surface area (Å²) in [5.74, 6) is 0.874. The van der Waals surface area contributed by atoms with Crippen LogP contribution in [-0.2, 0) is 6.54 Å². The third kappa shape index (κ3) is 4.05. The fourth-order valence-electron chi connectivity index (χ4n) is 3.95. The van der Waals surface area contributed by atoms with Crippen molar-refractivity contribution in [1.82, 2.24) is 15.2 Å². The summed E-state index contributed by atoms with van der Waals surface area (Å²) in [5.41, 5.74) is 1.32. The van der Waals surface area contributed by atoms with Crippen LogP contribution in [0.15, 0.2) is 22.9 Å². The van der Waals surface area contributed by atoms with Crippen molar-refractivity contribution in [1.29, 1.82) is 0 Å². The molecule has 1 aliphatic heterocycles. The monoisotopic (exact) mass is 351 g/mol. The molecule has 0 radical (unpaired) electrons. The first-order valence-corrected chi connectivity index (χ1v) is 9.08. The summed E-state index contributed by atoms with van der Waals surface area (Å²) in [4.78, 5) is 7.01. The van der Waals surface area contributed by atoms with Crippen molar-refractivity contribution in [2.45, 2.75) is 57.7 Å². The van der Waals surface area contributed by atoms with Crippen LogP contribution in [0.25, 0.3) is 0 Å². The van der Waals surface area contributed by atoms with Gasteiger partial charge in [0.05, 0.1) is 0 Å². The lowest BCUT2D eigenvalue weighted by atomic mass is 9.82. The standard InChI is InChI=1S/C17H26BrN3/c1-13-11-21(12-14-7-16(18)9-19-8-14)17(10-20-13)15-5-3-2-4-6-15/h7-9,13,15,17,20H,2-6,10-12H2,1H3. The van der Waals surface area contributed by atoms with E-state index in [0.29, 0.717) is 12.1 Å². The van der Waals surface area contributed by atoms with E-state index in [4.69, 9.17) is 0 Å². The van der Waals surface area contributed by atoms with Crippen molar-refractivity contribution in [3.8, 4) is 0 Å². The molecule has 3 nitrogen and oxygen atoms in total. The molecule has 1 N–H and O–H groups in total. The summed E-state index contributed by atoms with van der Waals surface area (Å²) < 4.78 is 1.08. The quantitative estimate of drug-likeness (QED) is 0.901. The number of halogens is 1. The van der Waals surface area contributed by atoms with Crippen LogP contribution < -0.4 is 5.32 Å². The lowest BCUT2D eigenvalue weighted by molar-refractivity contribution is 0.0688. The third-order valence-electron chi connectivity index (χ3n) is 4.99. The summed E-state index contributed by atoms with van der Waals surface area (Å²) in [5, 5.41) is 3.69. The zero-order chi connectivity index (χ0) is 14.7. The molecule has 1 saturated heterocycles. The average Bonchev–Trinajstić information content (AvgIpc) is 2.48. The molecule has 2 heterocycles. The summed E-state index contributed by atoms with van der Waals surface area (Å²) >= 11 is 3.54. The van der Waals surface area contributed by atoms with Gasteiger partial charge in [-0.05, 0) is 53.2 Å². The van der Waals surface area contributed by atoms with E-state index in [0.717, 1.165) is 30.0 Å². The fourth-order valence-corrected chi connectivity index (χ4v) is 4.36. The molecule has 1 saturated carbocycles. The second kappa shape index (κ2) is 7.21. The van der Waals surface area contributed by atoms with Crippen molar-refractivity contribution in [2.75, 3.05) is 13.1 Å². The molecule has 2 fully saturated rings. The maximum atomic E-state index is 4.32. The number of piperazine rings is 1. The second-order valence-electron chi connectivity index (χ2n) is 6.72. The van der Waals surface area contributed by atoms with Crippen molar-refractivity contribution in [2.24, 2.45) is 5.92 Å². The van der Waals surface area contributed by atoms with Crippen LogP contribution in [0.4, 0.5) is 0 Å². The highest BCUT2D eigenvalue weighted by molar-refractivity contribution is 9.10. The van der Waals surface area contributed by atoms with Crippen LogP contribution in [0, 0.1) is 5.92 Å². The van der Waals surface area contributed by atoms with Gasteiger partial charge in [0.1, 0.15) is 0 Å². The van der Waals surface area contributed by atoms with Crippen molar-refractivity contribution in [3.63, 3.8) is 0 Å². The molecule has 1 aromatic heterocycles. The van der Waals surface area contributed by atoms with E-state index in [2.05, 4.69) is 44.1 Å². The van der Waals surface area contributed by atoms with E-state index in [-0.39, 0.29) is 0 Å². The molecule has 1 aliphatic carbocycles. The molecule has 21 heavy (non-hydrogen) atoms. The van der Waals surface area contributed by atoms with E-state index in [1.165, 1.54) is 37.7 Å². The van der Waals surface area contributed by atoms with E-state index in [9.17, 15) is 0 Å². The second-order valence-corrected chi connectivity index (χ2v) is 7.63. The summed E-state index contributed by atoms with van der Waals surface area (Å²) in [6.45, 7) is 5.61. The fraction of sp³-hybridized carbons (Fsp3) is 0.706. The highest BCUT2D eigenvalue weighted by atomic mass is 79.9. The Labute approximate surface area is 136 Å². The van der Waals surface area contributed by atoms with Gasteiger partial charge in [0.15, 0.2) is 0 Å². The molecule has 2 atom stereocenters. The van der Waals surface area contributed by atoms with Gasteiger partial charge in [-0.3, -0.25) is 9.88 Å². The molecule has 0 spiro atoms. The molecular weight excluding hydrogens is 326 g/mol. The maximum absolute atomic E-state index is 4.32. The first-order chi connectivity index (χ1) is 10.2. The van der Waals surface area contributed by atoms with Crippen LogP contribution >= 0.6 is 15.9 Å². The summed E-state index contributed by atoms with van der Waals surface area (Å²) in [6.07, 6.45) is 11.0. The Morgan fingerprint density at radius 3 is 2.86 bits per heavy atom. The van der Waals surface area contributed by atoms with Gasteiger partial charge in [0.2, 0.25) is 0 Å². The van der Waals surface area contributed by atoms with Crippen molar-refractivity contribution in [3.05, 3.63) is 28.5 Å². The Bertz CT molecular complexity index is 459. The molecule has 0 amide bonds. The number of rotatable bonds is 3. The molecule has 1 aromatic rings. The largest absolute Gasteiger partial charge is 0.311 e. The van der Waals surface area contributed by atoms with Crippen LogP contribution in [-0.4, -0.2) is 35.1 Å². The molecule has 4 heteroatoms. The van der Waals surface area contributed by atoms with Gasteiger partial charge < -0.3 is 5.32 Å². The molecule has 2 unspecified atom stereocenters. The summed E-state index contributed by atoms with van der Waals surface area (Å²) in [7, 11) is 0. The highest BCUT2D eigenvalue weighted by Crippen LogP contribution is 2.31. The molecule has 2 aliphatic rings. The Hall–Kier alpha value is -0.450. The van der Waals surface area contributed by atoms with E-state index >= 15 is 0 Å². The predicted octanol–water partition coefficient (Wildman–Crippen LogP) is 3.59. The van der Waals surface area contributed by atoms with Gasteiger partial charge in [-0.15, -0.1) is 0 Å². The predicted molar refractivity (Wildman–Crippen MR) is 90.2 cm³/mol. The normalized spacial score (nSPS) is 28.7. The Morgan fingerprint density at radius 1 is 1.29 bits per heavy atom. The minimum atomic E-state index is 0.588. The zero-order valence-corrected chi connectivity index (χ0v) is 14.5. The number of pyridine rings is 1.